The fourth-order valence-electron chi connectivity index (χ4n) is 2.50. The Hall–Kier alpha value is -1.47. The van der Waals surface area contributed by atoms with Gasteiger partial charge in [0.2, 0.25) is 0 Å². The molecule has 0 amide bonds. The number of hydrogen-bond acceptors (Lipinski definition) is 5. The summed E-state index contributed by atoms with van der Waals surface area (Å²) < 4.78 is 2.67. The lowest BCUT2D eigenvalue weighted by Crippen LogP contribution is -2.38. The summed E-state index contributed by atoms with van der Waals surface area (Å²) in [5.41, 5.74) is 0.359. The molecule has 3 heterocycles. The highest BCUT2D eigenvalue weighted by Gasteiger charge is 2.37. The topological polar surface area (TPSA) is 67.1 Å². The van der Waals surface area contributed by atoms with E-state index in [2.05, 4.69) is 36.1 Å². The average molecular weight is 338 g/mol. The summed E-state index contributed by atoms with van der Waals surface area (Å²) in [7, 11) is 0. The minimum Gasteiger partial charge on any atom is -0.386 e. The molecule has 0 aromatic carbocycles. The Kier molecular flexibility index (Phi) is 3.47. The van der Waals surface area contributed by atoms with E-state index in [1.807, 2.05) is 13.0 Å². The van der Waals surface area contributed by atoms with Crippen molar-refractivity contribution < 1.29 is 5.11 Å². The molecule has 2 aromatic rings. The summed E-state index contributed by atoms with van der Waals surface area (Å²) in [5.74, 6) is 0.903. The van der Waals surface area contributed by atoms with Gasteiger partial charge in [-0.25, -0.2) is 9.67 Å². The Balaban J connectivity index is 1.73. The largest absolute Gasteiger partial charge is 0.386 e. The van der Waals surface area contributed by atoms with Crippen molar-refractivity contribution in [2.75, 3.05) is 18.0 Å². The van der Waals surface area contributed by atoms with Crippen LogP contribution in [-0.2, 0) is 6.54 Å². The summed E-state index contributed by atoms with van der Waals surface area (Å²) >= 11 is 3.45. The highest BCUT2D eigenvalue weighted by Crippen LogP contribution is 2.28. The monoisotopic (exact) mass is 337 g/mol. The Morgan fingerprint density at radius 2 is 2.35 bits per heavy atom. The van der Waals surface area contributed by atoms with Crippen LogP contribution in [0.15, 0.2) is 29.1 Å². The Bertz CT molecular complexity index is 603. The number of nitrogens with zero attached hydrogens (tertiary/aromatic N) is 5. The quantitative estimate of drug-likeness (QED) is 0.916. The van der Waals surface area contributed by atoms with Gasteiger partial charge in [-0.15, -0.1) is 5.10 Å². The van der Waals surface area contributed by atoms with Crippen molar-refractivity contribution in [3.8, 4) is 0 Å². The second-order valence-electron chi connectivity index (χ2n) is 5.29. The van der Waals surface area contributed by atoms with E-state index < -0.39 is 5.60 Å². The van der Waals surface area contributed by atoms with Gasteiger partial charge in [0.1, 0.15) is 11.4 Å². The lowest BCUT2D eigenvalue weighted by molar-refractivity contribution is 0.0408. The number of pyridine rings is 1. The average Bonchev–Trinajstić information content (AvgIpc) is 3.03. The molecule has 1 atom stereocenters. The number of hydrogen-bond donors (Lipinski definition) is 1. The maximum absolute atomic E-state index is 10.7. The van der Waals surface area contributed by atoms with Gasteiger partial charge in [0, 0.05) is 30.0 Å². The van der Waals surface area contributed by atoms with Crippen LogP contribution in [-0.4, -0.2) is 43.8 Å². The van der Waals surface area contributed by atoms with Gasteiger partial charge < -0.3 is 10.0 Å². The standard InChI is InChI=1S/C13H16BrN5O/c1-10-6-12(15-7-11(10)14)18-4-2-13(20,8-18)9-19-5-3-16-17-19/h3,5-7,20H,2,4,8-9H2,1H3. The van der Waals surface area contributed by atoms with Gasteiger partial charge in [-0.05, 0) is 40.9 Å². The third-order valence-electron chi connectivity index (χ3n) is 3.62. The molecule has 1 unspecified atom stereocenters. The molecule has 1 aliphatic rings. The van der Waals surface area contributed by atoms with Crippen LogP contribution in [0.4, 0.5) is 5.82 Å². The van der Waals surface area contributed by atoms with Crippen LogP contribution < -0.4 is 4.90 Å². The highest BCUT2D eigenvalue weighted by atomic mass is 79.9. The predicted octanol–water partition coefficient (Wildman–Crippen LogP) is 1.39. The number of aromatic nitrogens is 4. The van der Waals surface area contributed by atoms with Gasteiger partial charge in [-0.1, -0.05) is 5.21 Å². The molecule has 2 aromatic heterocycles. The Morgan fingerprint density at radius 1 is 1.50 bits per heavy atom. The molecule has 3 rings (SSSR count). The SMILES string of the molecule is Cc1cc(N2CCC(O)(Cn3ccnn3)C2)ncc1Br. The Morgan fingerprint density at radius 3 is 3.05 bits per heavy atom. The number of halogens is 1. The van der Waals surface area contributed by atoms with Crippen LogP contribution in [0.3, 0.4) is 0 Å². The molecule has 1 aliphatic heterocycles. The molecular formula is C13H16BrN5O. The van der Waals surface area contributed by atoms with E-state index in [1.165, 1.54) is 0 Å². The van der Waals surface area contributed by atoms with Crippen molar-refractivity contribution in [1.29, 1.82) is 0 Å². The number of aryl methyl sites for hydroxylation is 1. The molecule has 106 valence electrons. The normalized spacial score (nSPS) is 22.4. The smallest absolute Gasteiger partial charge is 0.128 e. The molecule has 0 bridgehead atoms. The van der Waals surface area contributed by atoms with E-state index in [4.69, 9.17) is 0 Å². The molecule has 6 nitrogen and oxygen atoms in total. The summed E-state index contributed by atoms with van der Waals surface area (Å²) in [6.45, 7) is 3.84. The van der Waals surface area contributed by atoms with Gasteiger partial charge in [-0.3, -0.25) is 0 Å². The predicted molar refractivity (Wildman–Crippen MR) is 78.5 cm³/mol. The van der Waals surface area contributed by atoms with Crippen molar-refractivity contribution >= 4 is 21.7 Å². The molecule has 0 radical (unpaired) electrons. The molecule has 0 spiro atoms. The molecule has 1 fully saturated rings. The van der Waals surface area contributed by atoms with E-state index in [9.17, 15) is 5.11 Å². The molecular weight excluding hydrogens is 322 g/mol. The zero-order chi connectivity index (χ0) is 14.2. The number of β-amino-alcohol motifs (C(OH)–C–C–N with tert-alkyl or cyclic N) is 1. The van der Waals surface area contributed by atoms with E-state index in [0.29, 0.717) is 19.5 Å². The first-order valence-corrected chi connectivity index (χ1v) is 7.29. The summed E-state index contributed by atoms with van der Waals surface area (Å²) in [6, 6.07) is 2.03. The second kappa shape index (κ2) is 5.14. The van der Waals surface area contributed by atoms with Gasteiger partial charge in [0.25, 0.3) is 0 Å². The van der Waals surface area contributed by atoms with Crippen LogP contribution in [0.5, 0.6) is 0 Å². The molecule has 1 saturated heterocycles. The molecule has 20 heavy (non-hydrogen) atoms. The highest BCUT2D eigenvalue weighted by molar-refractivity contribution is 9.10. The first-order chi connectivity index (χ1) is 9.56. The number of rotatable bonds is 3. The molecule has 7 heteroatoms. The second-order valence-corrected chi connectivity index (χ2v) is 6.14. The van der Waals surface area contributed by atoms with Gasteiger partial charge >= 0.3 is 0 Å². The lowest BCUT2D eigenvalue weighted by atomic mass is 10.0. The van der Waals surface area contributed by atoms with Crippen molar-refractivity contribution in [2.24, 2.45) is 0 Å². The van der Waals surface area contributed by atoms with E-state index in [0.717, 1.165) is 22.4 Å². The molecule has 1 N–H and O–H groups in total. The minimum absolute atomic E-state index is 0.457. The van der Waals surface area contributed by atoms with Crippen molar-refractivity contribution in [3.05, 3.63) is 34.7 Å². The third-order valence-corrected chi connectivity index (χ3v) is 4.45. The van der Waals surface area contributed by atoms with E-state index in [1.54, 1.807) is 23.3 Å². The van der Waals surface area contributed by atoms with Crippen LogP contribution in [0.2, 0.25) is 0 Å². The van der Waals surface area contributed by atoms with Gasteiger partial charge in [-0.2, -0.15) is 0 Å². The number of anilines is 1. The lowest BCUT2D eigenvalue weighted by Gasteiger charge is -2.23. The fourth-order valence-corrected chi connectivity index (χ4v) is 2.71. The molecule has 0 aliphatic carbocycles. The number of aliphatic hydroxyl groups is 1. The van der Waals surface area contributed by atoms with E-state index in [-0.39, 0.29) is 0 Å². The summed E-state index contributed by atoms with van der Waals surface area (Å²) in [4.78, 5) is 6.52. The van der Waals surface area contributed by atoms with Crippen molar-refractivity contribution in [2.45, 2.75) is 25.5 Å². The van der Waals surface area contributed by atoms with Crippen molar-refractivity contribution in [1.82, 2.24) is 20.0 Å². The van der Waals surface area contributed by atoms with Gasteiger partial charge in [0.05, 0.1) is 12.7 Å². The summed E-state index contributed by atoms with van der Waals surface area (Å²) in [6.07, 6.45) is 5.89. The van der Waals surface area contributed by atoms with Gasteiger partial charge in [0.15, 0.2) is 0 Å². The first kappa shape index (κ1) is 13.5. The first-order valence-electron chi connectivity index (χ1n) is 6.49. The van der Waals surface area contributed by atoms with Crippen LogP contribution in [0, 0.1) is 6.92 Å². The zero-order valence-electron chi connectivity index (χ0n) is 11.2. The zero-order valence-corrected chi connectivity index (χ0v) is 12.8. The van der Waals surface area contributed by atoms with Crippen LogP contribution in [0.1, 0.15) is 12.0 Å². The van der Waals surface area contributed by atoms with Crippen LogP contribution in [0.25, 0.3) is 0 Å². The van der Waals surface area contributed by atoms with Crippen molar-refractivity contribution in [3.63, 3.8) is 0 Å². The third kappa shape index (κ3) is 2.69. The fraction of sp³-hybridized carbons (Fsp3) is 0.462. The van der Waals surface area contributed by atoms with Crippen LogP contribution >= 0.6 is 15.9 Å². The molecule has 0 saturated carbocycles. The maximum Gasteiger partial charge on any atom is 0.128 e. The minimum atomic E-state index is -0.781. The Labute approximate surface area is 125 Å². The maximum atomic E-state index is 10.7. The van der Waals surface area contributed by atoms with E-state index >= 15 is 0 Å². The summed E-state index contributed by atoms with van der Waals surface area (Å²) in [5, 5.41) is 18.3.